The number of thioether (sulfide) groups is 1. The number of sulfonamides is 1. The zero-order chi connectivity index (χ0) is 18.6. The molecule has 0 bridgehead atoms. The molecule has 5 nitrogen and oxygen atoms in total. The van der Waals surface area contributed by atoms with Gasteiger partial charge >= 0.3 is 0 Å². The molecule has 146 valence electrons. The second kappa shape index (κ2) is 8.97. The lowest BCUT2D eigenvalue weighted by Gasteiger charge is -2.35. The van der Waals surface area contributed by atoms with Crippen LogP contribution in [0, 0.1) is 11.6 Å². The number of nitrogens with zero attached hydrogens (tertiary/aromatic N) is 2. The monoisotopic (exact) mass is 406 g/mol. The van der Waals surface area contributed by atoms with Gasteiger partial charge in [-0.1, -0.05) is 0 Å². The summed E-state index contributed by atoms with van der Waals surface area (Å²) in [6.07, 6.45) is 0.759. The highest BCUT2D eigenvalue weighted by Crippen LogP contribution is 2.24. The van der Waals surface area contributed by atoms with Gasteiger partial charge in [0.25, 0.3) is 0 Å². The van der Waals surface area contributed by atoms with E-state index in [4.69, 9.17) is 4.74 Å². The summed E-state index contributed by atoms with van der Waals surface area (Å²) in [6, 6.07) is 2.78. The Balaban J connectivity index is 1.78. The molecule has 0 spiro atoms. The number of morpholine rings is 1. The third kappa shape index (κ3) is 5.16. The molecule has 0 N–H and O–H groups in total. The van der Waals surface area contributed by atoms with Gasteiger partial charge in [-0.15, -0.1) is 0 Å². The van der Waals surface area contributed by atoms with Crippen LogP contribution in [0.1, 0.15) is 12.0 Å². The summed E-state index contributed by atoms with van der Waals surface area (Å²) in [5.74, 6) is -0.222. The molecule has 1 aromatic rings. The van der Waals surface area contributed by atoms with Gasteiger partial charge in [-0.05, 0) is 30.4 Å². The quantitative estimate of drug-likeness (QED) is 0.748. The summed E-state index contributed by atoms with van der Waals surface area (Å²) in [5.41, 5.74) is -0.118. The van der Waals surface area contributed by atoms with Crippen molar-refractivity contribution in [3.8, 4) is 0 Å². The fourth-order valence-electron chi connectivity index (χ4n) is 3.33. The van der Waals surface area contributed by atoms with Gasteiger partial charge in [0.2, 0.25) is 10.0 Å². The standard InChI is InChI=1S/C17H24F2N2O3S2/c18-15-2-3-17(19)14(10-15)13-26(22,23)21-4-1-9-25-12-16(21)11-20-5-7-24-8-6-20/h2-3,10,16H,1,4-9,11-13H2/t16-/m0/s1. The Hall–Kier alpha value is -0.740. The minimum Gasteiger partial charge on any atom is -0.379 e. The van der Waals surface area contributed by atoms with Crippen molar-refractivity contribution in [1.29, 1.82) is 0 Å². The lowest BCUT2D eigenvalue weighted by Crippen LogP contribution is -2.50. The van der Waals surface area contributed by atoms with Gasteiger partial charge in [0.05, 0.1) is 19.0 Å². The van der Waals surface area contributed by atoms with Crippen LogP contribution in [0.2, 0.25) is 0 Å². The molecule has 9 heteroatoms. The molecule has 0 radical (unpaired) electrons. The summed E-state index contributed by atoms with van der Waals surface area (Å²) in [4.78, 5) is 2.21. The third-order valence-corrected chi connectivity index (χ3v) is 7.73. The van der Waals surface area contributed by atoms with E-state index in [1.165, 1.54) is 4.31 Å². The maximum atomic E-state index is 13.9. The molecule has 0 saturated carbocycles. The van der Waals surface area contributed by atoms with Crippen LogP contribution < -0.4 is 0 Å². The van der Waals surface area contributed by atoms with E-state index in [2.05, 4.69) is 4.90 Å². The molecule has 3 rings (SSSR count). The van der Waals surface area contributed by atoms with Crippen LogP contribution in [0.5, 0.6) is 0 Å². The largest absolute Gasteiger partial charge is 0.379 e. The average molecular weight is 407 g/mol. The van der Waals surface area contributed by atoms with E-state index >= 15 is 0 Å². The van der Waals surface area contributed by atoms with Crippen LogP contribution in [0.4, 0.5) is 8.78 Å². The molecule has 2 saturated heterocycles. The van der Waals surface area contributed by atoms with Crippen molar-refractivity contribution in [2.24, 2.45) is 0 Å². The van der Waals surface area contributed by atoms with Crippen molar-refractivity contribution >= 4 is 21.8 Å². The second-order valence-electron chi connectivity index (χ2n) is 6.60. The lowest BCUT2D eigenvalue weighted by molar-refractivity contribution is 0.0309. The third-order valence-electron chi connectivity index (χ3n) is 4.66. The average Bonchev–Trinajstić information content (AvgIpc) is 2.85. The SMILES string of the molecule is O=S(=O)(Cc1cc(F)ccc1F)N1CCCSC[C@@H]1CN1CCOCC1. The Labute approximate surface area is 157 Å². The first-order chi connectivity index (χ1) is 12.5. The van der Waals surface area contributed by atoms with Crippen LogP contribution in [0.3, 0.4) is 0 Å². The molecule has 1 aromatic carbocycles. The number of hydrogen-bond donors (Lipinski definition) is 0. The van der Waals surface area contributed by atoms with Gasteiger partial charge in [0.15, 0.2) is 0 Å². The van der Waals surface area contributed by atoms with Crippen LogP contribution in [0.25, 0.3) is 0 Å². The maximum Gasteiger partial charge on any atom is 0.218 e. The van der Waals surface area contributed by atoms with Gasteiger partial charge in [-0.25, -0.2) is 17.2 Å². The minimum absolute atomic E-state index is 0.118. The number of rotatable bonds is 5. The second-order valence-corrected chi connectivity index (χ2v) is 9.67. The first kappa shape index (κ1) is 20.0. The van der Waals surface area contributed by atoms with E-state index in [1.54, 1.807) is 11.8 Å². The van der Waals surface area contributed by atoms with E-state index in [0.29, 0.717) is 32.1 Å². The normalized spacial score (nSPS) is 23.7. The van der Waals surface area contributed by atoms with Gasteiger partial charge in [-0.2, -0.15) is 16.1 Å². The van der Waals surface area contributed by atoms with Crippen LogP contribution in [0.15, 0.2) is 18.2 Å². The topological polar surface area (TPSA) is 49.9 Å². The highest BCUT2D eigenvalue weighted by molar-refractivity contribution is 7.99. The van der Waals surface area contributed by atoms with Crippen molar-refractivity contribution in [3.63, 3.8) is 0 Å². The molecule has 2 aliphatic heterocycles. The number of hydrogen-bond acceptors (Lipinski definition) is 5. The Morgan fingerprint density at radius 2 is 1.96 bits per heavy atom. The van der Waals surface area contributed by atoms with E-state index < -0.39 is 27.4 Å². The van der Waals surface area contributed by atoms with Gasteiger partial charge in [0.1, 0.15) is 11.6 Å². The predicted octanol–water partition coefficient (Wildman–Crippen LogP) is 1.93. The summed E-state index contributed by atoms with van der Waals surface area (Å²) < 4.78 is 60.2. The highest BCUT2D eigenvalue weighted by atomic mass is 32.2. The minimum atomic E-state index is -3.74. The summed E-state index contributed by atoms with van der Waals surface area (Å²) in [6.45, 7) is 3.94. The molecule has 1 atom stereocenters. The van der Waals surface area contributed by atoms with Gasteiger partial charge in [0, 0.05) is 43.5 Å². The molecule has 2 heterocycles. The smallest absolute Gasteiger partial charge is 0.218 e. The zero-order valence-corrected chi connectivity index (χ0v) is 16.2. The van der Waals surface area contributed by atoms with Crippen molar-refractivity contribution in [3.05, 3.63) is 35.4 Å². The van der Waals surface area contributed by atoms with E-state index in [0.717, 1.165) is 43.5 Å². The summed E-state index contributed by atoms with van der Waals surface area (Å²) in [7, 11) is -3.74. The van der Waals surface area contributed by atoms with Crippen LogP contribution in [-0.4, -0.2) is 74.6 Å². The van der Waals surface area contributed by atoms with Gasteiger partial charge < -0.3 is 4.74 Å². The molecule has 0 unspecified atom stereocenters. The van der Waals surface area contributed by atoms with E-state index in [1.807, 2.05) is 0 Å². The molecule has 0 aliphatic carbocycles. The van der Waals surface area contributed by atoms with Crippen molar-refractivity contribution in [2.45, 2.75) is 18.2 Å². The van der Waals surface area contributed by atoms with Crippen LogP contribution >= 0.6 is 11.8 Å². The molecule has 0 aromatic heterocycles. The Bertz CT molecular complexity index is 712. The van der Waals surface area contributed by atoms with Crippen LogP contribution in [-0.2, 0) is 20.5 Å². The predicted molar refractivity (Wildman–Crippen MR) is 98.7 cm³/mol. The van der Waals surface area contributed by atoms with Crippen molar-refractivity contribution in [2.75, 3.05) is 50.9 Å². The molecular weight excluding hydrogens is 382 g/mol. The first-order valence-corrected chi connectivity index (χ1v) is 11.5. The fraction of sp³-hybridized carbons (Fsp3) is 0.647. The number of halogens is 2. The molecule has 2 aliphatic rings. The fourth-order valence-corrected chi connectivity index (χ4v) is 6.27. The molecule has 26 heavy (non-hydrogen) atoms. The zero-order valence-electron chi connectivity index (χ0n) is 14.6. The Morgan fingerprint density at radius 3 is 2.73 bits per heavy atom. The Morgan fingerprint density at radius 1 is 1.19 bits per heavy atom. The van der Waals surface area contributed by atoms with Crippen molar-refractivity contribution < 1.29 is 21.9 Å². The number of benzene rings is 1. The van der Waals surface area contributed by atoms with Gasteiger partial charge in [-0.3, -0.25) is 4.90 Å². The molecular formula is C17H24F2N2O3S2. The Kier molecular flexibility index (Phi) is 6.90. The van der Waals surface area contributed by atoms with E-state index in [9.17, 15) is 17.2 Å². The summed E-state index contributed by atoms with van der Waals surface area (Å²) in [5, 5.41) is 0. The number of ether oxygens (including phenoxy) is 1. The maximum absolute atomic E-state index is 13.9. The van der Waals surface area contributed by atoms with E-state index in [-0.39, 0.29) is 11.6 Å². The lowest BCUT2D eigenvalue weighted by atomic mass is 10.2. The highest BCUT2D eigenvalue weighted by Gasteiger charge is 2.33. The summed E-state index contributed by atoms with van der Waals surface area (Å²) >= 11 is 1.75. The molecule has 2 fully saturated rings. The first-order valence-electron chi connectivity index (χ1n) is 8.77. The van der Waals surface area contributed by atoms with Crippen molar-refractivity contribution in [1.82, 2.24) is 9.21 Å². The molecule has 0 amide bonds.